The minimum absolute atomic E-state index is 0.888. The fourth-order valence-corrected chi connectivity index (χ4v) is 4.80. The third kappa shape index (κ3) is 2.93. The van der Waals surface area contributed by atoms with E-state index >= 15 is 0 Å². The molecule has 0 N–H and O–H groups in total. The highest BCUT2D eigenvalue weighted by molar-refractivity contribution is 7.99. The van der Waals surface area contributed by atoms with E-state index in [1.54, 1.807) is 11.8 Å². The molecule has 2 aromatic carbocycles. The van der Waals surface area contributed by atoms with Gasteiger partial charge in [-0.2, -0.15) is 0 Å². The number of pyridine rings is 1. The highest BCUT2D eigenvalue weighted by Gasteiger charge is 2.14. The predicted molar refractivity (Wildman–Crippen MR) is 108 cm³/mol. The van der Waals surface area contributed by atoms with Gasteiger partial charge < -0.3 is 4.57 Å². The summed E-state index contributed by atoms with van der Waals surface area (Å²) in [4.78, 5) is 5.98. The van der Waals surface area contributed by atoms with Crippen molar-refractivity contribution in [2.24, 2.45) is 0 Å². The van der Waals surface area contributed by atoms with Crippen LogP contribution in [0.25, 0.3) is 10.9 Å². The summed E-state index contributed by atoms with van der Waals surface area (Å²) in [5.74, 6) is 0. The van der Waals surface area contributed by atoms with Crippen molar-refractivity contribution in [3.8, 4) is 0 Å². The standard InChI is InChI=1S/C23H20N2S/c1-2-7-17(8-3-1)15-25-16-22(20-11-4-5-12-21(20)25)26-23-13-18-9-6-10-19(18)14-24-23/h1-5,7-8,11-14,16H,6,9-10,15H2. The summed E-state index contributed by atoms with van der Waals surface area (Å²) in [6.45, 7) is 0.888. The van der Waals surface area contributed by atoms with E-state index in [0.717, 1.165) is 11.6 Å². The van der Waals surface area contributed by atoms with Crippen LogP contribution < -0.4 is 0 Å². The molecule has 0 atom stereocenters. The summed E-state index contributed by atoms with van der Waals surface area (Å²) in [7, 11) is 0. The Labute approximate surface area is 157 Å². The van der Waals surface area contributed by atoms with E-state index in [-0.39, 0.29) is 0 Å². The lowest BCUT2D eigenvalue weighted by atomic mass is 10.2. The molecule has 0 radical (unpaired) electrons. The number of aryl methyl sites for hydroxylation is 2. The SMILES string of the molecule is c1ccc(Cn2cc(Sc3cc4c(cn3)CCC4)c3ccccc32)cc1. The molecule has 0 amide bonds. The molecule has 0 fully saturated rings. The van der Waals surface area contributed by atoms with E-state index in [9.17, 15) is 0 Å². The fraction of sp³-hybridized carbons (Fsp3) is 0.174. The van der Waals surface area contributed by atoms with E-state index in [0.29, 0.717) is 0 Å². The Bertz CT molecular complexity index is 1070. The van der Waals surface area contributed by atoms with Gasteiger partial charge in [-0.25, -0.2) is 4.98 Å². The molecule has 0 bridgehead atoms. The molecule has 2 nitrogen and oxygen atoms in total. The number of rotatable bonds is 4. The average molecular weight is 356 g/mol. The van der Waals surface area contributed by atoms with Gasteiger partial charge in [0.15, 0.2) is 0 Å². The zero-order valence-corrected chi connectivity index (χ0v) is 15.4. The molecule has 128 valence electrons. The minimum atomic E-state index is 0.888. The van der Waals surface area contributed by atoms with Crippen LogP contribution in [0.2, 0.25) is 0 Å². The molecular weight excluding hydrogens is 336 g/mol. The van der Waals surface area contributed by atoms with Crippen LogP contribution in [0.15, 0.2) is 83.0 Å². The average Bonchev–Trinajstić information content (AvgIpc) is 3.28. The monoisotopic (exact) mass is 356 g/mol. The van der Waals surface area contributed by atoms with Crippen LogP contribution in [0, 0.1) is 0 Å². The van der Waals surface area contributed by atoms with Gasteiger partial charge in [0.2, 0.25) is 0 Å². The maximum atomic E-state index is 4.70. The lowest BCUT2D eigenvalue weighted by molar-refractivity contribution is 0.830. The number of nitrogens with zero attached hydrogens (tertiary/aromatic N) is 2. The van der Waals surface area contributed by atoms with Crippen molar-refractivity contribution < 1.29 is 0 Å². The van der Waals surface area contributed by atoms with Crippen molar-refractivity contribution in [3.63, 3.8) is 0 Å². The summed E-state index contributed by atoms with van der Waals surface area (Å²) in [6, 6.07) is 21.6. The number of hydrogen-bond donors (Lipinski definition) is 0. The third-order valence-corrected chi connectivity index (χ3v) is 6.09. The van der Waals surface area contributed by atoms with Crippen molar-refractivity contribution >= 4 is 22.7 Å². The first-order valence-corrected chi connectivity index (χ1v) is 9.96. The normalized spacial score (nSPS) is 13.2. The molecule has 1 aliphatic carbocycles. The van der Waals surface area contributed by atoms with Crippen LogP contribution in [0.4, 0.5) is 0 Å². The van der Waals surface area contributed by atoms with Gasteiger partial charge in [-0.15, -0.1) is 0 Å². The maximum absolute atomic E-state index is 4.70. The van der Waals surface area contributed by atoms with Crippen molar-refractivity contribution in [2.75, 3.05) is 0 Å². The van der Waals surface area contributed by atoms with Gasteiger partial charge in [-0.3, -0.25) is 0 Å². The quantitative estimate of drug-likeness (QED) is 0.465. The van der Waals surface area contributed by atoms with Crippen LogP contribution in [-0.2, 0) is 19.4 Å². The van der Waals surface area contributed by atoms with Gasteiger partial charge in [0.05, 0.1) is 0 Å². The second kappa shape index (κ2) is 6.65. The molecule has 0 saturated heterocycles. The van der Waals surface area contributed by atoms with Crippen LogP contribution in [0.3, 0.4) is 0 Å². The first kappa shape index (κ1) is 15.7. The molecule has 0 unspecified atom stereocenters. The molecule has 5 rings (SSSR count). The van der Waals surface area contributed by atoms with Crippen LogP contribution in [0.5, 0.6) is 0 Å². The number of para-hydroxylation sites is 1. The minimum Gasteiger partial charge on any atom is -0.342 e. The molecule has 1 aliphatic rings. The zero-order valence-electron chi connectivity index (χ0n) is 14.6. The van der Waals surface area contributed by atoms with Crippen LogP contribution in [0.1, 0.15) is 23.1 Å². The number of aromatic nitrogens is 2. The predicted octanol–water partition coefficient (Wildman–Crippen LogP) is 5.72. The van der Waals surface area contributed by atoms with Crippen molar-refractivity contribution in [1.82, 2.24) is 9.55 Å². The Morgan fingerprint density at radius 3 is 2.65 bits per heavy atom. The largest absolute Gasteiger partial charge is 0.342 e. The first-order chi connectivity index (χ1) is 12.9. The molecular formula is C23H20N2S. The maximum Gasteiger partial charge on any atom is 0.101 e. The van der Waals surface area contributed by atoms with E-state index < -0.39 is 0 Å². The van der Waals surface area contributed by atoms with Gasteiger partial charge in [0.25, 0.3) is 0 Å². The van der Waals surface area contributed by atoms with Gasteiger partial charge in [0, 0.05) is 34.7 Å². The Kier molecular flexibility index (Phi) is 4.02. The Hall–Kier alpha value is -2.52. The van der Waals surface area contributed by atoms with Gasteiger partial charge in [-0.05, 0) is 48.1 Å². The molecule has 3 heteroatoms. The Morgan fingerprint density at radius 2 is 1.73 bits per heavy atom. The van der Waals surface area contributed by atoms with Crippen molar-refractivity contribution in [1.29, 1.82) is 0 Å². The molecule has 2 heterocycles. The van der Waals surface area contributed by atoms with E-state index in [2.05, 4.69) is 77.6 Å². The van der Waals surface area contributed by atoms with Gasteiger partial charge in [0.1, 0.15) is 5.03 Å². The lowest BCUT2D eigenvalue weighted by Gasteiger charge is -2.05. The highest BCUT2D eigenvalue weighted by Crippen LogP contribution is 2.36. The topological polar surface area (TPSA) is 17.8 Å². The molecule has 0 saturated carbocycles. The van der Waals surface area contributed by atoms with Crippen molar-refractivity contribution in [2.45, 2.75) is 35.7 Å². The first-order valence-electron chi connectivity index (χ1n) is 9.14. The van der Waals surface area contributed by atoms with Gasteiger partial charge in [-0.1, -0.05) is 60.3 Å². The molecule has 4 aromatic rings. The second-order valence-electron chi connectivity index (χ2n) is 6.87. The summed E-state index contributed by atoms with van der Waals surface area (Å²) in [5, 5.41) is 2.41. The summed E-state index contributed by atoms with van der Waals surface area (Å²) >= 11 is 1.78. The van der Waals surface area contributed by atoms with E-state index in [4.69, 9.17) is 4.98 Å². The number of hydrogen-bond acceptors (Lipinski definition) is 2. The zero-order chi connectivity index (χ0) is 17.3. The highest BCUT2D eigenvalue weighted by atomic mass is 32.2. The van der Waals surface area contributed by atoms with Crippen LogP contribution in [-0.4, -0.2) is 9.55 Å². The Balaban J connectivity index is 1.52. The van der Waals surface area contributed by atoms with Crippen LogP contribution >= 0.6 is 11.8 Å². The third-order valence-electron chi connectivity index (χ3n) is 5.11. The van der Waals surface area contributed by atoms with Gasteiger partial charge >= 0.3 is 0 Å². The fourth-order valence-electron chi connectivity index (χ4n) is 3.80. The summed E-state index contributed by atoms with van der Waals surface area (Å²) in [6.07, 6.45) is 8.00. The molecule has 0 spiro atoms. The summed E-state index contributed by atoms with van der Waals surface area (Å²) < 4.78 is 2.35. The Morgan fingerprint density at radius 1 is 0.923 bits per heavy atom. The molecule has 26 heavy (non-hydrogen) atoms. The van der Waals surface area contributed by atoms with E-state index in [1.165, 1.54) is 51.8 Å². The molecule has 0 aliphatic heterocycles. The number of benzene rings is 2. The van der Waals surface area contributed by atoms with E-state index in [1.807, 2.05) is 0 Å². The smallest absolute Gasteiger partial charge is 0.101 e. The van der Waals surface area contributed by atoms with Crippen molar-refractivity contribution in [3.05, 3.63) is 89.7 Å². The molecule has 2 aromatic heterocycles. The lowest BCUT2D eigenvalue weighted by Crippen LogP contribution is -1.97. The number of fused-ring (bicyclic) bond motifs is 2. The second-order valence-corrected chi connectivity index (χ2v) is 7.93. The summed E-state index contributed by atoms with van der Waals surface area (Å²) in [5.41, 5.74) is 5.51.